The molecule has 8 nitrogen and oxygen atoms in total. The third kappa shape index (κ3) is 4.24. The van der Waals surface area contributed by atoms with E-state index in [4.69, 9.17) is 6.42 Å². The molecule has 0 bridgehead atoms. The van der Waals surface area contributed by atoms with Crippen LogP contribution in [0.4, 0.5) is 0 Å². The summed E-state index contributed by atoms with van der Waals surface area (Å²) in [5, 5.41) is 18.2. The molecule has 1 aromatic rings. The highest BCUT2D eigenvalue weighted by Gasteiger charge is 2.43. The SMILES string of the molecule is C#CCCC1(CCNC(=O)C2(C)CCN(C(=O)c3cc(C(C)C)[nH]n3)C2)N=N1. The van der Waals surface area contributed by atoms with E-state index in [1.54, 1.807) is 11.0 Å². The van der Waals surface area contributed by atoms with E-state index >= 15 is 0 Å². The van der Waals surface area contributed by atoms with Crippen molar-refractivity contribution in [3.63, 3.8) is 0 Å². The van der Waals surface area contributed by atoms with Crippen LogP contribution < -0.4 is 5.32 Å². The van der Waals surface area contributed by atoms with Crippen molar-refractivity contribution in [3.05, 3.63) is 17.5 Å². The summed E-state index contributed by atoms with van der Waals surface area (Å²) in [6, 6.07) is 1.79. The van der Waals surface area contributed by atoms with Gasteiger partial charge in [-0.2, -0.15) is 15.3 Å². The first kappa shape index (κ1) is 20.1. The number of hydrogen-bond acceptors (Lipinski definition) is 5. The van der Waals surface area contributed by atoms with Crippen molar-refractivity contribution in [1.29, 1.82) is 0 Å². The molecule has 0 aliphatic carbocycles. The third-order valence-corrected chi connectivity index (χ3v) is 5.61. The average Bonchev–Trinajstić information content (AvgIpc) is 3.08. The van der Waals surface area contributed by atoms with Crippen molar-refractivity contribution in [2.45, 2.75) is 58.0 Å². The number of H-pyrrole nitrogens is 1. The molecule has 1 fully saturated rings. The van der Waals surface area contributed by atoms with Crippen molar-refractivity contribution >= 4 is 11.8 Å². The Morgan fingerprint density at radius 2 is 2.14 bits per heavy atom. The second kappa shape index (κ2) is 7.74. The zero-order valence-corrected chi connectivity index (χ0v) is 16.8. The molecular weight excluding hydrogens is 356 g/mol. The Kier molecular flexibility index (Phi) is 5.54. The monoisotopic (exact) mass is 384 g/mol. The number of likely N-dealkylation sites (tertiary alicyclic amines) is 1. The van der Waals surface area contributed by atoms with Crippen LogP contribution in [0.25, 0.3) is 0 Å². The van der Waals surface area contributed by atoms with Gasteiger partial charge in [0.2, 0.25) is 5.91 Å². The van der Waals surface area contributed by atoms with E-state index in [0.717, 1.165) is 12.1 Å². The third-order valence-electron chi connectivity index (χ3n) is 5.61. The number of nitrogens with zero attached hydrogens (tertiary/aromatic N) is 4. The number of amides is 2. The van der Waals surface area contributed by atoms with E-state index in [0.29, 0.717) is 44.6 Å². The highest BCUT2D eigenvalue weighted by atomic mass is 16.2. The summed E-state index contributed by atoms with van der Waals surface area (Å²) >= 11 is 0. The summed E-state index contributed by atoms with van der Waals surface area (Å²) in [5.74, 6) is 2.70. The molecule has 28 heavy (non-hydrogen) atoms. The van der Waals surface area contributed by atoms with Crippen molar-refractivity contribution < 1.29 is 9.59 Å². The van der Waals surface area contributed by atoms with Gasteiger partial charge in [0, 0.05) is 44.6 Å². The molecular formula is C20H28N6O2. The minimum absolute atomic E-state index is 0.0413. The largest absolute Gasteiger partial charge is 0.355 e. The molecule has 2 aliphatic heterocycles. The molecule has 0 aromatic carbocycles. The molecule has 0 radical (unpaired) electrons. The van der Waals surface area contributed by atoms with Crippen LogP contribution in [0, 0.1) is 17.8 Å². The fraction of sp³-hybridized carbons (Fsp3) is 0.650. The molecule has 2 aliphatic rings. The lowest BCUT2D eigenvalue weighted by molar-refractivity contribution is -0.129. The minimum Gasteiger partial charge on any atom is -0.355 e. The van der Waals surface area contributed by atoms with Crippen molar-refractivity contribution in [3.8, 4) is 12.3 Å². The lowest BCUT2D eigenvalue weighted by Crippen LogP contribution is -2.42. The van der Waals surface area contributed by atoms with E-state index in [1.165, 1.54) is 0 Å². The molecule has 2 N–H and O–H groups in total. The Labute approximate surface area is 165 Å². The molecule has 1 aromatic heterocycles. The Hall–Kier alpha value is -2.69. The van der Waals surface area contributed by atoms with Crippen LogP contribution in [0.1, 0.15) is 68.6 Å². The number of rotatable bonds is 8. The number of carbonyl (C=O) groups excluding carboxylic acids is 2. The summed E-state index contributed by atoms with van der Waals surface area (Å²) in [4.78, 5) is 27.1. The first-order valence-electron chi connectivity index (χ1n) is 9.79. The highest BCUT2D eigenvalue weighted by Crippen LogP contribution is 2.36. The fourth-order valence-electron chi connectivity index (χ4n) is 3.48. The predicted octanol–water partition coefficient (Wildman–Crippen LogP) is 2.47. The van der Waals surface area contributed by atoms with Gasteiger partial charge >= 0.3 is 0 Å². The van der Waals surface area contributed by atoms with Gasteiger partial charge in [-0.3, -0.25) is 14.7 Å². The lowest BCUT2D eigenvalue weighted by atomic mass is 9.88. The number of aromatic nitrogens is 2. The Balaban J connectivity index is 1.50. The van der Waals surface area contributed by atoms with E-state index in [2.05, 4.69) is 31.7 Å². The van der Waals surface area contributed by atoms with Crippen molar-refractivity contribution in [2.75, 3.05) is 19.6 Å². The number of aromatic amines is 1. The molecule has 1 unspecified atom stereocenters. The average molecular weight is 384 g/mol. The van der Waals surface area contributed by atoms with Crippen molar-refractivity contribution in [2.24, 2.45) is 15.6 Å². The Bertz CT molecular complexity index is 815. The van der Waals surface area contributed by atoms with Gasteiger partial charge in [-0.1, -0.05) is 13.8 Å². The summed E-state index contributed by atoms with van der Waals surface area (Å²) in [6.45, 7) is 7.41. The molecule has 1 saturated heterocycles. The van der Waals surface area contributed by atoms with E-state index in [-0.39, 0.29) is 17.7 Å². The van der Waals surface area contributed by atoms with Gasteiger partial charge < -0.3 is 10.2 Å². The maximum atomic E-state index is 12.7. The van der Waals surface area contributed by atoms with E-state index in [9.17, 15) is 9.59 Å². The van der Waals surface area contributed by atoms with Gasteiger partial charge in [0.05, 0.1) is 5.41 Å². The number of terminal acetylenes is 1. The van der Waals surface area contributed by atoms with Crippen LogP contribution in [0.2, 0.25) is 0 Å². The first-order valence-corrected chi connectivity index (χ1v) is 9.79. The van der Waals surface area contributed by atoms with Crippen LogP contribution in [0.3, 0.4) is 0 Å². The van der Waals surface area contributed by atoms with Crippen molar-refractivity contribution in [1.82, 2.24) is 20.4 Å². The van der Waals surface area contributed by atoms with Gasteiger partial charge in [0.1, 0.15) is 5.69 Å². The predicted molar refractivity (Wildman–Crippen MR) is 105 cm³/mol. The summed E-state index contributed by atoms with van der Waals surface area (Å²) in [7, 11) is 0. The quantitative estimate of drug-likeness (QED) is 0.673. The van der Waals surface area contributed by atoms with Crippen LogP contribution >= 0.6 is 0 Å². The number of hydrogen-bond donors (Lipinski definition) is 2. The molecule has 3 heterocycles. The number of carbonyl (C=O) groups is 2. The van der Waals surface area contributed by atoms with E-state index < -0.39 is 11.1 Å². The maximum absolute atomic E-state index is 12.7. The van der Waals surface area contributed by atoms with Gasteiger partial charge in [0.15, 0.2) is 5.66 Å². The normalized spacial score (nSPS) is 22.3. The molecule has 1 atom stereocenters. The smallest absolute Gasteiger partial charge is 0.274 e. The molecule has 150 valence electrons. The zero-order valence-electron chi connectivity index (χ0n) is 16.8. The standard InChI is InChI=1S/C20H28N6O2/c1-5-6-7-20(24-25-20)8-10-21-18(28)19(4)9-11-26(13-19)17(27)16-12-15(14(2)3)22-23-16/h1,12,14H,6-11,13H2,2-4H3,(H,21,28)(H,22,23). The fourth-order valence-corrected chi connectivity index (χ4v) is 3.48. The highest BCUT2D eigenvalue weighted by molar-refractivity contribution is 5.93. The topological polar surface area (TPSA) is 103 Å². The van der Waals surface area contributed by atoms with Crippen LogP contribution in [0.5, 0.6) is 0 Å². The summed E-state index contributed by atoms with van der Waals surface area (Å²) < 4.78 is 0. The van der Waals surface area contributed by atoms with Gasteiger partial charge in [-0.15, -0.1) is 12.3 Å². The van der Waals surface area contributed by atoms with Gasteiger partial charge in [-0.25, -0.2) is 0 Å². The van der Waals surface area contributed by atoms with Crippen LogP contribution in [0.15, 0.2) is 16.3 Å². The van der Waals surface area contributed by atoms with E-state index in [1.807, 2.05) is 20.8 Å². The van der Waals surface area contributed by atoms with Gasteiger partial charge in [-0.05, 0) is 25.3 Å². The molecule has 0 spiro atoms. The first-order chi connectivity index (χ1) is 13.3. The minimum atomic E-state index is -0.601. The second-order valence-corrected chi connectivity index (χ2v) is 8.29. The summed E-state index contributed by atoms with van der Waals surface area (Å²) in [5.41, 5.74) is 0.335. The maximum Gasteiger partial charge on any atom is 0.274 e. The second-order valence-electron chi connectivity index (χ2n) is 8.29. The molecule has 3 rings (SSSR count). The Morgan fingerprint density at radius 3 is 2.75 bits per heavy atom. The van der Waals surface area contributed by atoms with Crippen LogP contribution in [-0.2, 0) is 4.79 Å². The lowest BCUT2D eigenvalue weighted by Gasteiger charge is -2.23. The van der Waals surface area contributed by atoms with Gasteiger partial charge in [0.25, 0.3) is 5.91 Å². The molecule has 0 saturated carbocycles. The van der Waals surface area contributed by atoms with Crippen LogP contribution in [-0.4, -0.2) is 52.2 Å². The summed E-state index contributed by atoms with van der Waals surface area (Å²) in [6.07, 6.45) is 7.93. The zero-order chi connectivity index (χ0) is 20.4. The molecule has 8 heteroatoms. The molecule has 2 amide bonds. The Morgan fingerprint density at radius 1 is 1.39 bits per heavy atom. The number of nitrogens with one attached hydrogen (secondary N) is 2.